The number of benzene rings is 1. The molecule has 0 bridgehead atoms. The second-order valence-electron chi connectivity index (χ2n) is 8.78. The smallest absolute Gasteiger partial charge is 0.408 e. The number of hydrogen-bond acceptors (Lipinski definition) is 5. The van der Waals surface area contributed by atoms with Gasteiger partial charge in [-0.3, -0.25) is 4.79 Å². The zero-order valence-electron chi connectivity index (χ0n) is 17.9. The van der Waals surface area contributed by atoms with Crippen LogP contribution in [-0.4, -0.2) is 35.7 Å². The molecule has 0 heterocycles. The van der Waals surface area contributed by atoms with E-state index in [2.05, 4.69) is 10.6 Å². The molecule has 29 heavy (non-hydrogen) atoms. The maximum Gasteiger partial charge on any atom is 0.408 e. The van der Waals surface area contributed by atoms with Crippen molar-refractivity contribution in [3.63, 3.8) is 0 Å². The monoisotopic (exact) mass is 404 g/mol. The lowest BCUT2D eigenvalue weighted by Crippen LogP contribution is -2.55. The number of hydrogen-bond donors (Lipinski definition) is 2. The minimum Gasteiger partial charge on any atom is -0.459 e. The SMILES string of the molecule is CC(C)[C@@H](NC(=O)OC(C)(C)C)C(=O)NC(C(=O)OCc1ccccc1)C1CC1. The van der Waals surface area contributed by atoms with Gasteiger partial charge in [-0.1, -0.05) is 44.2 Å². The number of carbonyl (C=O) groups is 3. The lowest BCUT2D eigenvalue weighted by atomic mass is 10.0. The van der Waals surface area contributed by atoms with E-state index in [0.717, 1.165) is 18.4 Å². The molecule has 0 radical (unpaired) electrons. The number of rotatable bonds is 8. The molecule has 1 unspecified atom stereocenters. The minimum atomic E-state index is -0.812. The Bertz CT molecular complexity index is 708. The third-order valence-corrected chi connectivity index (χ3v) is 4.49. The molecule has 160 valence electrons. The third-order valence-electron chi connectivity index (χ3n) is 4.49. The standard InChI is InChI=1S/C22H32N2O5/c1-14(2)17(24-21(27)29-22(3,4)5)19(25)23-18(16-11-12-16)20(26)28-13-15-9-7-6-8-10-15/h6-10,14,16-18H,11-13H2,1-5H3,(H,23,25)(H,24,27)/t17-,18?/m1/s1. The van der Waals surface area contributed by atoms with Gasteiger partial charge in [-0.2, -0.15) is 0 Å². The zero-order chi connectivity index (χ0) is 21.6. The molecule has 0 saturated heterocycles. The molecule has 0 aliphatic heterocycles. The molecule has 0 aromatic heterocycles. The lowest BCUT2D eigenvalue weighted by molar-refractivity contribution is -0.150. The fraction of sp³-hybridized carbons (Fsp3) is 0.591. The van der Waals surface area contributed by atoms with E-state index in [-0.39, 0.29) is 18.4 Å². The number of amides is 2. The summed E-state index contributed by atoms with van der Waals surface area (Å²) in [6.45, 7) is 9.06. The van der Waals surface area contributed by atoms with Crippen LogP contribution in [0.15, 0.2) is 30.3 Å². The average molecular weight is 405 g/mol. The second-order valence-corrected chi connectivity index (χ2v) is 8.78. The average Bonchev–Trinajstić information content (AvgIpc) is 3.46. The Labute approximate surface area is 172 Å². The van der Waals surface area contributed by atoms with E-state index < -0.39 is 35.7 Å². The summed E-state index contributed by atoms with van der Waals surface area (Å²) in [5.74, 6) is -0.983. The van der Waals surface area contributed by atoms with Crippen molar-refractivity contribution in [2.45, 2.75) is 71.8 Å². The predicted octanol–water partition coefficient (Wildman–Crippen LogP) is 3.17. The number of carbonyl (C=O) groups excluding carboxylic acids is 3. The molecule has 7 nitrogen and oxygen atoms in total. The summed E-state index contributed by atoms with van der Waals surface area (Å²) < 4.78 is 10.7. The highest BCUT2D eigenvalue weighted by Crippen LogP contribution is 2.33. The lowest BCUT2D eigenvalue weighted by Gasteiger charge is -2.26. The number of esters is 1. The number of nitrogens with one attached hydrogen (secondary N) is 2. The Hall–Kier alpha value is -2.57. The van der Waals surface area contributed by atoms with Gasteiger partial charge < -0.3 is 20.1 Å². The fourth-order valence-electron chi connectivity index (χ4n) is 2.83. The second kappa shape index (κ2) is 9.76. The number of alkyl carbamates (subject to hydrolysis) is 1. The van der Waals surface area contributed by atoms with Crippen molar-refractivity contribution >= 4 is 18.0 Å². The summed E-state index contributed by atoms with van der Waals surface area (Å²) in [6.07, 6.45) is 1.05. The van der Waals surface area contributed by atoms with E-state index in [1.165, 1.54) is 0 Å². The van der Waals surface area contributed by atoms with E-state index in [4.69, 9.17) is 9.47 Å². The summed E-state index contributed by atoms with van der Waals surface area (Å²) in [5, 5.41) is 5.39. The zero-order valence-corrected chi connectivity index (χ0v) is 17.9. The van der Waals surface area contributed by atoms with E-state index in [1.54, 1.807) is 20.8 Å². The van der Waals surface area contributed by atoms with Crippen molar-refractivity contribution in [2.24, 2.45) is 11.8 Å². The molecule has 1 aliphatic rings. The van der Waals surface area contributed by atoms with Crippen LogP contribution in [0.2, 0.25) is 0 Å². The summed E-state index contributed by atoms with van der Waals surface area (Å²) in [6, 6.07) is 7.86. The van der Waals surface area contributed by atoms with Crippen LogP contribution in [0.1, 0.15) is 53.0 Å². The molecule has 1 fully saturated rings. The van der Waals surface area contributed by atoms with Crippen LogP contribution < -0.4 is 10.6 Å². The minimum absolute atomic E-state index is 0.0663. The van der Waals surface area contributed by atoms with Crippen molar-refractivity contribution in [2.75, 3.05) is 0 Å². The Morgan fingerprint density at radius 2 is 1.69 bits per heavy atom. The molecule has 1 aliphatic carbocycles. The van der Waals surface area contributed by atoms with Gasteiger partial charge in [-0.15, -0.1) is 0 Å². The quantitative estimate of drug-likeness (QED) is 0.649. The highest BCUT2D eigenvalue weighted by molar-refractivity contribution is 5.90. The van der Waals surface area contributed by atoms with Gasteiger partial charge in [0.25, 0.3) is 0 Å². The molecular weight excluding hydrogens is 372 g/mol. The van der Waals surface area contributed by atoms with Crippen molar-refractivity contribution in [1.29, 1.82) is 0 Å². The molecular formula is C22H32N2O5. The molecule has 2 N–H and O–H groups in total. The first-order valence-corrected chi connectivity index (χ1v) is 10.1. The molecule has 2 rings (SSSR count). The van der Waals surface area contributed by atoms with Gasteiger partial charge >= 0.3 is 12.1 Å². The molecule has 2 atom stereocenters. The van der Waals surface area contributed by atoms with Gasteiger partial charge in [0, 0.05) is 0 Å². The van der Waals surface area contributed by atoms with Gasteiger partial charge in [-0.25, -0.2) is 9.59 Å². The van der Waals surface area contributed by atoms with Crippen molar-refractivity contribution in [1.82, 2.24) is 10.6 Å². The topological polar surface area (TPSA) is 93.7 Å². The molecule has 7 heteroatoms. The van der Waals surface area contributed by atoms with Crippen LogP contribution in [0, 0.1) is 11.8 Å². The summed E-state index contributed by atoms with van der Waals surface area (Å²) in [7, 11) is 0. The van der Waals surface area contributed by atoms with Gasteiger partial charge in [0.1, 0.15) is 24.3 Å². The van der Waals surface area contributed by atoms with Gasteiger partial charge in [0.2, 0.25) is 5.91 Å². The molecule has 1 aromatic rings. The van der Waals surface area contributed by atoms with Crippen LogP contribution in [-0.2, 0) is 25.7 Å². The van der Waals surface area contributed by atoms with Crippen molar-refractivity contribution in [3.05, 3.63) is 35.9 Å². The Morgan fingerprint density at radius 3 is 2.21 bits per heavy atom. The highest BCUT2D eigenvalue weighted by Gasteiger charge is 2.40. The summed E-state index contributed by atoms with van der Waals surface area (Å²) in [5.41, 5.74) is 0.216. The predicted molar refractivity (Wildman–Crippen MR) is 109 cm³/mol. The van der Waals surface area contributed by atoms with Gasteiger partial charge in [-0.05, 0) is 51.0 Å². The van der Waals surface area contributed by atoms with Crippen LogP contribution in [0.4, 0.5) is 4.79 Å². The maximum atomic E-state index is 12.8. The normalized spacial score (nSPS) is 15.9. The summed E-state index contributed by atoms with van der Waals surface area (Å²) >= 11 is 0. The molecule has 1 saturated carbocycles. The highest BCUT2D eigenvalue weighted by atomic mass is 16.6. The Kier molecular flexibility index (Phi) is 7.65. The Balaban J connectivity index is 1.97. The first-order valence-electron chi connectivity index (χ1n) is 10.1. The van der Waals surface area contributed by atoms with Gasteiger partial charge in [0.15, 0.2) is 0 Å². The van der Waals surface area contributed by atoms with Gasteiger partial charge in [0.05, 0.1) is 0 Å². The fourth-order valence-corrected chi connectivity index (χ4v) is 2.83. The van der Waals surface area contributed by atoms with Crippen LogP contribution in [0.3, 0.4) is 0 Å². The van der Waals surface area contributed by atoms with E-state index in [0.29, 0.717) is 0 Å². The maximum absolute atomic E-state index is 12.8. The first-order chi connectivity index (χ1) is 13.6. The number of ether oxygens (including phenoxy) is 2. The van der Waals surface area contributed by atoms with E-state index in [1.807, 2.05) is 44.2 Å². The van der Waals surface area contributed by atoms with E-state index >= 15 is 0 Å². The third kappa shape index (κ3) is 7.75. The Morgan fingerprint density at radius 1 is 1.07 bits per heavy atom. The first kappa shape index (κ1) is 22.7. The summed E-state index contributed by atoms with van der Waals surface area (Å²) in [4.78, 5) is 37.5. The van der Waals surface area contributed by atoms with Crippen LogP contribution in [0.25, 0.3) is 0 Å². The van der Waals surface area contributed by atoms with Crippen molar-refractivity contribution < 1.29 is 23.9 Å². The van der Waals surface area contributed by atoms with Crippen molar-refractivity contribution in [3.8, 4) is 0 Å². The van der Waals surface area contributed by atoms with E-state index in [9.17, 15) is 14.4 Å². The molecule has 1 aromatic carbocycles. The van der Waals surface area contributed by atoms with Crippen LogP contribution >= 0.6 is 0 Å². The van der Waals surface area contributed by atoms with Crippen LogP contribution in [0.5, 0.6) is 0 Å². The molecule has 0 spiro atoms. The molecule has 2 amide bonds. The largest absolute Gasteiger partial charge is 0.459 e.